The zero-order chi connectivity index (χ0) is 16.1. The predicted molar refractivity (Wildman–Crippen MR) is 79.4 cm³/mol. The lowest BCUT2D eigenvalue weighted by atomic mass is 10.1. The zero-order valence-electron chi connectivity index (χ0n) is 12.3. The first-order valence-corrected chi connectivity index (χ1v) is 6.64. The third-order valence-electron chi connectivity index (χ3n) is 3.21. The van der Waals surface area contributed by atoms with Crippen molar-refractivity contribution in [2.75, 3.05) is 26.1 Å². The molecule has 0 spiro atoms. The van der Waals surface area contributed by atoms with Crippen LogP contribution in [-0.4, -0.2) is 25.9 Å². The summed E-state index contributed by atoms with van der Waals surface area (Å²) >= 11 is 0. The monoisotopic (exact) mass is 309 g/mol. The summed E-state index contributed by atoms with van der Waals surface area (Å²) in [4.78, 5) is 0. The average molecular weight is 309 g/mol. The first-order chi connectivity index (χ1) is 10.5. The fourth-order valence-corrected chi connectivity index (χ4v) is 2.03. The van der Waals surface area contributed by atoms with Crippen LogP contribution in [-0.2, 0) is 0 Å². The van der Waals surface area contributed by atoms with E-state index in [-0.39, 0.29) is 12.3 Å². The van der Waals surface area contributed by atoms with E-state index >= 15 is 0 Å². The smallest absolute Gasteiger partial charge is 0.165 e. The Morgan fingerprint density at radius 2 is 1.77 bits per heavy atom. The molecular weight excluding hydrogens is 292 g/mol. The Kier molecular flexibility index (Phi) is 5.16. The lowest BCUT2D eigenvalue weighted by Gasteiger charge is -2.16. The van der Waals surface area contributed by atoms with Gasteiger partial charge in [-0.25, -0.2) is 8.78 Å². The Balaban J connectivity index is 2.06. The van der Waals surface area contributed by atoms with Crippen LogP contribution in [0, 0.1) is 11.6 Å². The van der Waals surface area contributed by atoms with Crippen LogP contribution in [0.25, 0.3) is 0 Å². The second-order valence-electron chi connectivity index (χ2n) is 4.64. The van der Waals surface area contributed by atoms with Crippen molar-refractivity contribution >= 4 is 5.69 Å². The van der Waals surface area contributed by atoms with Crippen LogP contribution < -0.4 is 14.8 Å². The number of hydrogen-bond donors (Lipinski definition) is 2. The van der Waals surface area contributed by atoms with E-state index in [0.717, 1.165) is 0 Å². The highest BCUT2D eigenvalue weighted by Gasteiger charge is 2.12. The van der Waals surface area contributed by atoms with Gasteiger partial charge in [0.15, 0.2) is 11.6 Å². The number of benzene rings is 2. The Hall–Kier alpha value is -2.34. The van der Waals surface area contributed by atoms with Gasteiger partial charge in [-0.3, -0.25) is 0 Å². The summed E-state index contributed by atoms with van der Waals surface area (Å²) in [7, 11) is 2.80. The van der Waals surface area contributed by atoms with E-state index < -0.39 is 17.7 Å². The number of methoxy groups -OCH3 is 2. The van der Waals surface area contributed by atoms with Gasteiger partial charge in [-0.1, -0.05) is 6.07 Å². The van der Waals surface area contributed by atoms with Crippen LogP contribution in [0.2, 0.25) is 0 Å². The molecule has 0 aliphatic heterocycles. The zero-order valence-corrected chi connectivity index (χ0v) is 12.3. The SMILES string of the molecule is COc1ccc(C(O)CNc2ccc(F)cc2OC)cc1F. The van der Waals surface area contributed by atoms with Gasteiger partial charge in [0.1, 0.15) is 11.6 Å². The number of anilines is 1. The summed E-state index contributed by atoms with van der Waals surface area (Å²) in [6.07, 6.45) is -0.935. The quantitative estimate of drug-likeness (QED) is 0.861. The van der Waals surface area contributed by atoms with Crippen LogP contribution >= 0.6 is 0 Å². The molecular formula is C16H17F2NO3. The number of ether oxygens (including phenoxy) is 2. The van der Waals surface area contributed by atoms with Gasteiger partial charge < -0.3 is 19.9 Å². The fourth-order valence-electron chi connectivity index (χ4n) is 2.03. The van der Waals surface area contributed by atoms with Crippen LogP contribution in [0.4, 0.5) is 14.5 Å². The van der Waals surface area contributed by atoms with Crippen LogP contribution in [0.3, 0.4) is 0 Å². The first-order valence-electron chi connectivity index (χ1n) is 6.64. The molecule has 0 amide bonds. The minimum absolute atomic E-state index is 0.115. The van der Waals surface area contributed by atoms with Gasteiger partial charge in [0.05, 0.1) is 26.0 Å². The van der Waals surface area contributed by atoms with Crippen LogP contribution in [0.15, 0.2) is 36.4 Å². The summed E-state index contributed by atoms with van der Waals surface area (Å²) in [6, 6.07) is 8.27. The maximum absolute atomic E-state index is 13.6. The third kappa shape index (κ3) is 3.65. The average Bonchev–Trinajstić information content (AvgIpc) is 2.53. The predicted octanol–water partition coefficient (Wildman–Crippen LogP) is 3.13. The molecule has 2 rings (SSSR count). The van der Waals surface area contributed by atoms with Crippen molar-refractivity contribution in [3.63, 3.8) is 0 Å². The lowest BCUT2D eigenvalue weighted by molar-refractivity contribution is 0.191. The molecule has 2 aromatic rings. The Morgan fingerprint density at radius 1 is 1.05 bits per heavy atom. The molecule has 0 aliphatic carbocycles. The van der Waals surface area contributed by atoms with E-state index in [2.05, 4.69) is 5.32 Å². The summed E-state index contributed by atoms with van der Waals surface area (Å²) in [6.45, 7) is 0.119. The molecule has 118 valence electrons. The fraction of sp³-hybridized carbons (Fsp3) is 0.250. The molecule has 2 N–H and O–H groups in total. The molecule has 0 heterocycles. The summed E-state index contributed by atoms with van der Waals surface area (Å²) in [5.41, 5.74) is 0.948. The minimum atomic E-state index is -0.935. The van der Waals surface area contributed by atoms with Crippen molar-refractivity contribution in [2.45, 2.75) is 6.10 Å². The second kappa shape index (κ2) is 7.09. The molecule has 0 radical (unpaired) electrons. The molecule has 0 saturated heterocycles. The van der Waals surface area contributed by atoms with Gasteiger partial charge >= 0.3 is 0 Å². The number of aliphatic hydroxyl groups is 1. The topological polar surface area (TPSA) is 50.7 Å². The van der Waals surface area contributed by atoms with Crippen molar-refractivity contribution in [3.8, 4) is 11.5 Å². The number of rotatable bonds is 6. The highest BCUT2D eigenvalue weighted by atomic mass is 19.1. The molecule has 0 aromatic heterocycles. The Morgan fingerprint density at radius 3 is 2.41 bits per heavy atom. The van der Waals surface area contributed by atoms with Crippen LogP contribution in [0.1, 0.15) is 11.7 Å². The summed E-state index contributed by atoms with van der Waals surface area (Å²) < 4.78 is 36.6. The van der Waals surface area contributed by atoms with Gasteiger partial charge in [0.2, 0.25) is 0 Å². The Bertz CT molecular complexity index is 649. The van der Waals surface area contributed by atoms with Gasteiger partial charge in [-0.15, -0.1) is 0 Å². The van der Waals surface area contributed by atoms with Crippen molar-refractivity contribution in [2.24, 2.45) is 0 Å². The van der Waals surface area contributed by atoms with Gasteiger partial charge in [0, 0.05) is 12.6 Å². The molecule has 4 nitrogen and oxygen atoms in total. The van der Waals surface area contributed by atoms with Crippen molar-refractivity contribution in [1.29, 1.82) is 0 Å². The third-order valence-corrected chi connectivity index (χ3v) is 3.21. The van der Waals surface area contributed by atoms with Crippen molar-refractivity contribution < 1.29 is 23.4 Å². The van der Waals surface area contributed by atoms with Crippen molar-refractivity contribution in [3.05, 3.63) is 53.6 Å². The molecule has 22 heavy (non-hydrogen) atoms. The molecule has 0 saturated carbocycles. The highest BCUT2D eigenvalue weighted by Crippen LogP contribution is 2.26. The molecule has 0 aliphatic rings. The Labute approximate surface area is 127 Å². The van der Waals surface area contributed by atoms with E-state index in [9.17, 15) is 13.9 Å². The maximum Gasteiger partial charge on any atom is 0.165 e. The highest BCUT2D eigenvalue weighted by molar-refractivity contribution is 5.56. The lowest BCUT2D eigenvalue weighted by Crippen LogP contribution is -2.13. The number of halogens is 2. The van der Waals surface area contributed by atoms with Gasteiger partial charge in [-0.2, -0.15) is 0 Å². The van der Waals surface area contributed by atoms with Gasteiger partial charge in [-0.05, 0) is 29.8 Å². The van der Waals surface area contributed by atoms with E-state index in [1.54, 1.807) is 6.07 Å². The normalized spacial score (nSPS) is 11.9. The molecule has 0 bridgehead atoms. The molecule has 1 atom stereocenters. The van der Waals surface area contributed by atoms with Gasteiger partial charge in [0.25, 0.3) is 0 Å². The second-order valence-corrected chi connectivity index (χ2v) is 4.64. The van der Waals surface area contributed by atoms with Crippen LogP contribution in [0.5, 0.6) is 11.5 Å². The minimum Gasteiger partial charge on any atom is -0.494 e. The number of hydrogen-bond acceptors (Lipinski definition) is 4. The summed E-state index contributed by atoms with van der Waals surface area (Å²) in [5.74, 6) is -0.518. The molecule has 6 heteroatoms. The number of nitrogens with one attached hydrogen (secondary N) is 1. The van der Waals surface area contributed by atoms with E-state index in [4.69, 9.17) is 9.47 Å². The molecule has 2 aromatic carbocycles. The first kappa shape index (κ1) is 16.0. The largest absolute Gasteiger partial charge is 0.494 e. The summed E-state index contributed by atoms with van der Waals surface area (Å²) in [5, 5.41) is 13.0. The molecule has 0 fully saturated rings. The van der Waals surface area contributed by atoms with Crippen molar-refractivity contribution in [1.82, 2.24) is 0 Å². The molecule has 1 unspecified atom stereocenters. The van der Waals surface area contributed by atoms with E-state index in [1.165, 1.54) is 44.6 Å². The van der Waals surface area contributed by atoms with E-state index in [1.807, 2.05) is 0 Å². The standard InChI is InChI=1S/C16H17F2NO3/c1-21-15-6-3-10(7-12(15)18)14(20)9-19-13-5-4-11(17)8-16(13)22-2/h3-8,14,19-20H,9H2,1-2H3. The maximum atomic E-state index is 13.6. The van der Waals surface area contributed by atoms with E-state index in [0.29, 0.717) is 17.0 Å². The number of aliphatic hydroxyl groups excluding tert-OH is 1.